The summed E-state index contributed by atoms with van der Waals surface area (Å²) < 4.78 is 0. The van der Waals surface area contributed by atoms with Crippen molar-refractivity contribution in [1.29, 1.82) is 0 Å². The summed E-state index contributed by atoms with van der Waals surface area (Å²) in [7, 11) is 0. The predicted molar refractivity (Wildman–Crippen MR) is 74.8 cm³/mol. The molecule has 0 unspecified atom stereocenters. The van der Waals surface area contributed by atoms with Crippen molar-refractivity contribution in [2.45, 2.75) is 59.4 Å². The molecule has 3 nitrogen and oxygen atoms in total. The van der Waals surface area contributed by atoms with E-state index in [0.717, 1.165) is 18.8 Å². The van der Waals surface area contributed by atoms with E-state index in [1.807, 2.05) is 0 Å². The highest BCUT2D eigenvalue weighted by Crippen LogP contribution is 2.37. The van der Waals surface area contributed by atoms with E-state index in [9.17, 15) is 4.79 Å². The molecule has 1 aliphatic carbocycles. The molecule has 1 aliphatic rings. The Morgan fingerprint density at radius 3 is 2.12 bits per heavy atom. The Kier molecular flexibility index (Phi) is 4.92. The maximum Gasteiger partial charge on any atom is 0.222 e. The largest absolute Gasteiger partial charge is 0.360 e. The van der Waals surface area contributed by atoms with Gasteiger partial charge in [0, 0.05) is 13.0 Å². The maximum absolute atomic E-state index is 10.8. The molecule has 98 valence electrons. The first-order chi connectivity index (χ1) is 7.79. The van der Waals surface area contributed by atoms with Gasteiger partial charge in [-0.2, -0.15) is 0 Å². The second-order valence-electron chi connectivity index (χ2n) is 6.07. The fourth-order valence-corrected chi connectivity index (χ4v) is 2.80. The lowest BCUT2D eigenvalue weighted by molar-refractivity contribution is -0.117. The molecule has 2 N–H and O–H groups in total. The van der Waals surface area contributed by atoms with E-state index in [2.05, 4.69) is 31.4 Å². The van der Waals surface area contributed by atoms with Crippen LogP contribution in [0.3, 0.4) is 0 Å². The second-order valence-corrected chi connectivity index (χ2v) is 6.48. The van der Waals surface area contributed by atoms with Crippen LogP contribution in [0.4, 0.5) is 0 Å². The number of hydrogen-bond donors (Lipinski definition) is 2. The third-order valence-electron chi connectivity index (χ3n) is 3.58. The highest BCUT2D eigenvalue weighted by Gasteiger charge is 2.29. The van der Waals surface area contributed by atoms with E-state index in [0.29, 0.717) is 16.6 Å². The van der Waals surface area contributed by atoms with Crippen molar-refractivity contribution >= 4 is 23.2 Å². The molecular formula is C13H24N2OS. The molecule has 1 fully saturated rings. The fourth-order valence-electron chi connectivity index (χ4n) is 2.49. The number of nitrogens with one attached hydrogen (secondary N) is 2. The summed E-state index contributed by atoms with van der Waals surface area (Å²) in [6.45, 7) is 8.42. The molecule has 1 saturated carbocycles. The van der Waals surface area contributed by atoms with Crippen LogP contribution in [0.1, 0.15) is 53.4 Å². The summed E-state index contributed by atoms with van der Waals surface area (Å²) in [5.74, 6) is 0.695. The van der Waals surface area contributed by atoms with Crippen LogP contribution in [0.25, 0.3) is 0 Å². The lowest BCUT2D eigenvalue weighted by Gasteiger charge is -2.37. The van der Waals surface area contributed by atoms with Crippen LogP contribution in [0.2, 0.25) is 0 Å². The molecule has 1 rings (SSSR count). The summed E-state index contributed by atoms with van der Waals surface area (Å²) >= 11 is 5.07. The van der Waals surface area contributed by atoms with Crippen LogP contribution in [0.15, 0.2) is 0 Å². The molecule has 0 radical (unpaired) electrons. The lowest BCUT2D eigenvalue weighted by atomic mass is 9.71. The van der Waals surface area contributed by atoms with Gasteiger partial charge in [-0.3, -0.25) is 4.79 Å². The Labute approximate surface area is 110 Å². The van der Waals surface area contributed by atoms with Gasteiger partial charge in [0.05, 0.1) is 0 Å². The summed E-state index contributed by atoms with van der Waals surface area (Å²) in [6, 6.07) is 0.424. The third kappa shape index (κ3) is 5.02. The molecule has 0 aromatic rings. The molecule has 0 aromatic heterocycles. The zero-order valence-corrected chi connectivity index (χ0v) is 12.1. The summed E-state index contributed by atoms with van der Waals surface area (Å²) in [5.41, 5.74) is 0.406. The quantitative estimate of drug-likeness (QED) is 0.709. The molecule has 4 heteroatoms. The van der Waals surface area contributed by atoms with Crippen molar-refractivity contribution in [2.24, 2.45) is 11.3 Å². The molecule has 0 aromatic carbocycles. The number of carbonyl (C=O) groups is 1. The fraction of sp³-hybridized carbons (Fsp3) is 0.846. The molecule has 0 atom stereocenters. The van der Waals surface area contributed by atoms with Gasteiger partial charge in [0.15, 0.2) is 5.11 Å². The Balaban J connectivity index is 2.33. The normalized spacial score (nSPS) is 25.2. The second kappa shape index (κ2) is 5.80. The van der Waals surface area contributed by atoms with Crippen LogP contribution in [-0.4, -0.2) is 17.1 Å². The topological polar surface area (TPSA) is 41.1 Å². The molecule has 0 aliphatic heterocycles. The van der Waals surface area contributed by atoms with Crippen LogP contribution in [0.5, 0.6) is 0 Å². The van der Waals surface area contributed by atoms with Crippen molar-refractivity contribution in [3.05, 3.63) is 0 Å². The Bertz CT molecular complexity index is 288. The molecule has 1 amide bonds. The standard InChI is InChI=1S/C13H24N2OS/c1-9(16)14-12(17)15-11-7-5-10(6-8-11)13(2,3)4/h10-11H,5-8H2,1-4H3,(H2,14,15,16,17). The van der Waals surface area contributed by atoms with Crippen LogP contribution in [0, 0.1) is 11.3 Å². The summed E-state index contributed by atoms with van der Waals surface area (Å²) in [6.07, 6.45) is 4.76. The molecule has 17 heavy (non-hydrogen) atoms. The molecule has 0 spiro atoms. The van der Waals surface area contributed by atoms with E-state index in [4.69, 9.17) is 12.2 Å². The van der Waals surface area contributed by atoms with E-state index in [1.54, 1.807) is 0 Å². The smallest absolute Gasteiger partial charge is 0.222 e. The number of hydrogen-bond acceptors (Lipinski definition) is 2. The molecule has 0 bridgehead atoms. The molecular weight excluding hydrogens is 232 g/mol. The van der Waals surface area contributed by atoms with Gasteiger partial charge in [-0.05, 0) is 49.2 Å². The Hall–Kier alpha value is -0.640. The first-order valence-electron chi connectivity index (χ1n) is 6.37. The zero-order chi connectivity index (χ0) is 13.1. The van der Waals surface area contributed by atoms with Gasteiger partial charge in [-0.25, -0.2) is 0 Å². The van der Waals surface area contributed by atoms with E-state index in [-0.39, 0.29) is 5.91 Å². The van der Waals surface area contributed by atoms with Gasteiger partial charge in [0.25, 0.3) is 0 Å². The van der Waals surface area contributed by atoms with Gasteiger partial charge in [-0.1, -0.05) is 20.8 Å². The molecule has 0 saturated heterocycles. The number of thiocarbonyl (C=S) groups is 1. The van der Waals surface area contributed by atoms with Gasteiger partial charge < -0.3 is 10.6 Å². The minimum absolute atomic E-state index is 0.106. The van der Waals surface area contributed by atoms with Gasteiger partial charge >= 0.3 is 0 Å². The highest BCUT2D eigenvalue weighted by atomic mass is 32.1. The summed E-state index contributed by atoms with van der Waals surface area (Å²) in [5, 5.41) is 6.30. The maximum atomic E-state index is 10.8. The van der Waals surface area contributed by atoms with Crippen molar-refractivity contribution in [3.63, 3.8) is 0 Å². The number of rotatable bonds is 1. The van der Waals surface area contributed by atoms with Crippen LogP contribution < -0.4 is 10.6 Å². The van der Waals surface area contributed by atoms with E-state index < -0.39 is 0 Å². The van der Waals surface area contributed by atoms with Crippen molar-refractivity contribution in [3.8, 4) is 0 Å². The van der Waals surface area contributed by atoms with Crippen molar-refractivity contribution in [2.75, 3.05) is 0 Å². The van der Waals surface area contributed by atoms with Gasteiger partial charge in [0.1, 0.15) is 0 Å². The van der Waals surface area contributed by atoms with E-state index >= 15 is 0 Å². The SMILES string of the molecule is CC(=O)NC(=S)NC1CCC(C(C)(C)C)CC1. The van der Waals surface area contributed by atoms with E-state index in [1.165, 1.54) is 19.8 Å². The zero-order valence-electron chi connectivity index (χ0n) is 11.3. The van der Waals surface area contributed by atoms with Gasteiger partial charge in [-0.15, -0.1) is 0 Å². The first-order valence-corrected chi connectivity index (χ1v) is 6.78. The number of carbonyl (C=O) groups excluding carboxylic acids is 1. The first kappa shape index (κ1) is 14.4. The third-order valence-corrected chi connectivity index (χ3v) is 3.80. The average molecular weight is 256 g/mol. The highest BCUT2D eigenvalue weighted by molar-refractivity contribution is 7.80. The monoisotopic (exact) mass is 256 g/mol. The minimum atomic E-state index is -0.106. The summed E-state index contributed by atoms with van der Waals surface area (Å²) in [4.78, 5) is 10.8. The average Bonchev–Trinajstić information content (AvgIpc) is 2.15. The van der Waals surface area contributed by atoms with Crippen molar-refractivity contribution in [1.82, 2.24) is 10.6 Å². The Morgan fingerprint density at radius 1 is 1.18 bits per heavy atom. The lowest BCUT2D eigenvalue weighted by Crippen LogP contribution is -2.45. The van der Waals surface area contributed by atoms with Crippen LogP contribution >= 0.6 is 12.2 Å². The minimum Gasteiger partial charge on any atom is -0.360 e. The van der Waals surface area contributed by atoms with Crippen molar-refractivity contribution < 1.29 is 4.79 Å². The molecule has 0 heterocycles. The van der Waals surface area contributed by atoms with Gasteiger partial charge in [0.2, 0.25) is 5.91 Å². The Morgan fingerprint density at radius 2 is 1.71 bits per heavy atom. The predicted octanol–water partition coefficient (Wildman–Crippen LogP) is 2.60. The number of amides is 1. The van der Waals surface area contributed by atoms with Crippen LogP contribution in [-0.2, 0) is 4.79 Å².